The number of benzene rings is 1. The number of aromatic nitrogens is 2. The molecule has 0 atom stereocenters. The van der Waals surface area contributed by atoms with Crippen molar-refractivity contribution in [2.24, 2.45) is 0 Å². The van der Waals surface area contributed by atoms with E-state index in [9.17, 15) is 4.39 Å². The quantitative estimate of drug-likeness (QED) is 0.884. The highest BCUT2D eigenvalue weighted by molar-refractivity contribution is 9.10. The molecule has 2 aromatic rings. The first-order valence-electron chi connectivity index (χ1n) is 5.00. The second-order valence-corrected chi connectivity index (χ2v) is 4.40. The third-order valence-corrected chi connectivity index (χ3v) is 3.05. The van der Waals surface area contributed by atoms with Crippen molar-refractivity contribution in [1.82, 2.24) is 9.55 Å². The zero-order valence-corrected chi connectivity index (χ0v) is 10.6. The van der Waals surface area contributed by atoms with Crippen LogP contribution in [-0.4, -0.2) is 9.55 Å². The highest BCUT2D eigenvalue weighted by Gasteiger charge is 2.12. The molecule has 0 saturated heterocycles. The summed E-state index contributed by atoms with van der Waals surface area (Å²) in [6.07, 6.45) is 3.38. The van der Waals surface area contributed by atoms with Gasteiger partial charge in [0.1, 0.15) is 17.3 Å². The average molecular weight is 296 g/mol. The summed E-state index contributed by atoms with van der Waals surface area (Å²) in [6, 6.07) is 4.42. The van der Waals surface area contributed by atoms with Gasteiger partial charge in [-0.2, -0.15) is 0 Å². The van der Waals surface area contributed by atoms with Crippen molar-refractivity contribution in [3.05, 3.63) is 47.5 Å². The van der Waals surface area contributed by atoms with Crippen LogP contribution in [0.3, 0.4) is 0 Å². The Morgan fingerprint density at radius 3 is 2.94 bits per heavy atom. The van der Waals surface area contributed by atoms with Crippen molar-refractivity contribution in [3.63, 3.8) is 0 Å². The summed E-state index contributed by atoms with van der Waals surface area (Å²) in [4.78, 5) is 4.23. The van der Waals surface area contributed by atoms with Crippen LogP contribution in [0.5, 0.6) is 0 Å². The van der Waals surface area contributed by atoms with Gasteiger partial charge in [0.2, 0.25) is 0 Å². The predicted molar refractivity (Wildman–Crippen MR) is 69.9 cm³/mol. The fourth-order valence-corrected chi connectivity index (χ4v) is 2.10. The van der Waals surface area contributed by atoms with E-state index in [1.807, 2.05) is 0 Å². The molecule has 0 saturated carbocycles. The summed E-state index contributed by atoms with van der Waals surface area (Å²) < 4.78 is 15.4. The van der Waals surface area contributed by atoms with Gasteiger partial charge in [0.25, 0.3) is 0 Å². The molecule has 0 aliphatic heterocycles. The van der Waals surface area contributed by atoms with Crippen molar-refractivity contribution in [2.45, 2.75) is 6.54 Å². The number of anilines is 1. The first kappa shape index (κ1) is 11.9. The number of halogens is 2. The third kappa shape index (κ3) is 2.24. The molecule has 1 aromatic carbocycles. The number of rotatable bonds is 3. The van der Waals surface area contributed by atoms with Crippen LogP contribution >= 0.6 is 15.9 Å². The van der Waals surface area contributed by atoms with Crippen LogP contribution < -0.4 is 5.73 Å². The molecule has 5 heteroatoms. The number of nitrogens with zero attached hydrogens (tertiary/aromatic N) is 2. The molecule has 0 spiro atoms. The van der Waals surface area contributed by atoms with E-state index < -0.39 is 0 Å². The lowest BCUT2D eigenvalue weighted by molar-refractivity contribution is 0.627. The van der Waals surface area contributed by atoms with Crippen LogP contribution in [0.15, 0.2) is 41.7 Å². The standard InChI is InChI=1S/C12H11BrFN3/c1-2-5-17-7-16-11(12(17)15)9-4-3-8(14)6-10(9)13/h2-4,6-7H,1,5,15H2. The zero-order valence-electron chi connectivity index (χ0n) is 9.03. The Hall–Kier alpha value is -1.62. The van der Waals surface area contributed by atoms with Gasteiger partial charge in [-0.15, -0.1) is 6.58 Å². The maximum atomic E-state index is 13.0. The normalized spacial score (nSPS) is 10.5. The number of imidazole rings is 1. The Balaban J connectivity index is 2.49. The van der Waals surface area contributed by atoms with Crippen LogP contribution in [0.25, 0.3) is 11.3 Å². The van der Waals surface area contributed by atoms with Crippen LogP contribution in [0.1, 0.15) is 0 Å². The summed E-state index contributed by atoms with van der Waals surface area (Å²) in [5.74, 6) is 0.238. The Bertz CT molecular complexity index is 563. The minimum Gasteiger partial charge on any atom is -0.383 e. The minimum absolute atomic E-state index is 0.301. The molecule has 0 radical (unpaired) electrons. The Labute approximate surface area is 107 Å². The van der Waals surface area contributed by atoms with Crippen molar-refractivity contribution in [2.75, 3.05) is 5.73 Å². The molecule has 0 aliphatic rings. The fraction of sp³-hybridized carbons (Fsp3) is 0.0833. The summed E-state index contributed by atoms with van der Waals surface area (Å²) in [7, 11) is 0. The van der Waals surface area contributed by atoms with E-state index in [0.29, 0.717) is 22.5 Å². The monoisotopic (exact) mass is 295 g/mol. The van der Waals surface area contributed by atoms with Gasteiger partial charge in [0.15, 0.2) is 0 Å². The maximum Gasteiger partial charge on any atom is 0.131 e. The van der Waals surface area contributed by atoms with Gasteiger partial charge in [0.05, 0.1) is 6.33 Å². The average Bonchev–Trinajstić information content (AvgIpc) is 2.62. The van der Waals surface area contributed by atoms with Crippen LogP contribution in [-0.2, 0) is 6.54 Å². The Morgan fingerprint density at radius 2 is 2.29 bits per heavy atom. The Kier molecular flexibility index (Phi) is 3.28. The zero-order chi connectivity index (χ0) is 12.4. The van der Waals surface area contributed by atoms with E-state index in [-0.39, 0.29) is 5.82 Å². The molecule has 0 fully saturated rings. The first-order chi connectivity index (χ1) is 8.13. The molecule has 1 heterocycles. The first-order valence-corrected chi connectivity index (χ1v) is 5.79. The second-order valence-electron chi connectivity index (χ2n) is 3.54. The van der Waals surface area contributed by atoms with Gasteiger partial charge in [-0.1, -0.05) is 6.08 Å². The molecular weight excluding hydrogens is 285 g/mol. The number of nitrogen functional groups attached to an aromatic ring is 1. The van der Waals surface area contributed by atoms with Crippen LogP contribution in [0, 0.1) is 5.82 Å². The highest BCUT2D eigenvalue weighted by atomic mass is 79.9. The molecule has 1 aromatic heterocycles. The van der Waals surface area contributed by atoms with E-state index in [4.69, 9.17) is 5.73 Å². The second kappa shape index (κ2) is 4.71. The molecule has 0 aliphatic carbocycles. The minimum atomic E-state index is -0.301. The predicted octanol–water partition coefficient (Wildman–Crippen LogP) is 3.22. The molecule has 88 valence electrons. The van der Waals surface area contributed by atoms with Crippen molar-refractivity contribution >= 4 is 21.7 Å². The summed E-state index contributed by atoms with van der Waals surface area (Å²) >= 11 is 3.30. The van der Waals surface area contributed by atoms with Crippen LogP contribution in [0.4, 0.5) is 10.2 Å². The van der Waals surface area contributed by atoms with Crippen molar-refractivity contribution in [3.8, 4) is 11.3 Å². The molecule has 2 rings (SSSR count). The summed E-state index contributed by atoms with van der Waals surface area (Å²) in [5.41, 5.74) is 7.37. The van der Waals surface area contributed by atoms with Gasteiger partial charge in [-0.25, -0.2) is 9.37 Å². The molecule has 0 unspecified atom stereocenters. The number of nitrogens with two attached hydrogens (primary N) is 1. The molecular formula is C12H11BrFN3. The Morgan fingerprint density at radius 1 is 1.53 bits per heavy atom. The summed E-state index contributed by atoms with van der Waals surface area (Å²) in [5, 5.41) is 0. The van der Waals surface area contributed by atoms with Crippen LogP contribution in [0.2, 0.25) is 0 Å². The van der Waals surface area contributed by atoms with Gasteiger partial charge in [-0.3, -0.25) is 0 Å². The van der Waals surface area contributed by atoms with E-state index in [1.54, 1.807) is 23.0 Å². The van der Waals surface area contributed by atoms with Crippen molar-refractivity contribution in [1.29, 1.82) is 0 Å². The summed E-state index contributed by atoms with van der Waals surface area (Å²) in [6.45, 7) is 4.24. The molecule has 17 heavy (non-hydrogen) atoms. The topological polar surface area (TPSA) is 43.8 Å². The smallest absolute Gasteiger partial charge is 0.131 e. The SMILES string of the molecule is C=CCn1cnc(-c2ccc(F)cc2Br)c1N. The fourth-order valence-electron chi connectivity index (χ4n) is 1.57. The van der Waals surface area contributed by atoms with Gasteiger partial charge < -0.3 is 10.3 Å². The molecule has 2 N–H and O–H groups in total. The highest BCUT2D eigenvalue weighted by Crippen LogP contribution is 2.31. The van der Waals surface area contributed by atoms with E-state index in [0.717, 1.165) is 5.56 Å². The maximum absolute atomic E-state index is 13.0. The van der Waals surface area contributed by atoms with E-state index in [2.05, 4.69) is 27.5 Å². The van der Waals surface area contributed by atoms with E-state index in [1.165, 1.54) is 12.1 Å². The number of hydrogen-bond acceptors (Lipinski definition) is 2. The lowest BCUT2D eigenvalue weighted by Gasteiger charge is -2.04. The lowest BCUT2D eigenvalue weighted by atomic mass is 10.1. The third-order valence-electron chi connectivity index (χ3n) is 2.39. The number of hydrogen-bond donors (Lipinski definition) is 1. The van der Waals surface area contributed by atoms with Gasteiger partial charge in [-0.05, 0) is 34.1 Å². The van der Waals surface area contributed by atoms with Gasteiger partial charge in [0, 0.05) is 16.6 Å². The molecule has 3 nitrogen and oxygen atoms in total. The molecule has 0 amide bonds. The van der Waals surface area contributed by atoms with Crippen molar-refractivity contribution < 1.29 is 4.39 Å². The lowest BCUT2D eigenvalue weighted by Crippen LogP contribution is -2.00. The molecule has 0 bridgehead atoms. The van der Waals surface area contributed by atoms with Gasteiger partial charge >= 0.3 is 0 Å². The largest absolute Gasteiger partial charge is 0.383 e. The number of allylic oxidation sites excluding steroid dienone is 1. The van der Waals surface area contributed by atoms with E-state index >= 15 is 0 Å².